The van der Waals surface area contributed by atoms with Crippen LogP contribution >= 0.6 is 0 Å². The highest BCUT2D eigenvalue weighted by Crippen LogP contribution is 2.18. The summed E-state index contributed by atoms with van der Waals surface area (Å²) in [6, 6.07) is 1.40. The summed E-state index contributed by atoms with van der Waals surface area (Å²) in [5.41, 5.74) is 0.330. The van der Waals surface area contributed by atoms with Gasteiger partial charge in [0.1, 0.15) is 6.54 Å². The molecule has 1 aromatic heterocycles. The largest absolute Gasteiger partial charge is 0.406 e. The molecule has 0 fully saturated rings. The first-order valence-electron chi connectivity index (χ1n) is 4.18. The van der Waals surface area contributed by atoms with E-state index >= 15 is 0 Å². The number of alkyl halides is 3. The minimum Gasteiger partial charge on any atom is -0.344 e. The number of Topliss-reactive ketones (excluding diaryl/α,β-unsaturated/α-hetero) is 1. The topological polar surface area (TPSA) is 22.0 Å². The second-order valence-corrected chi connectivity index (χ2v) is 2.96. The van der Waals surface area contributed by atoms with Crippen LogP contribution in [0.3, 0.4) is 0 Å². The molecule has 0 aromatic carbocycles. The predicted octanol–water partition coefficient (Wildman–Crippen LogP) is 2.64. The maximum Gasteiger partial charge on any atom is 0.406 e. The van der Waals surface area contributed by atoms with E-state index in [2.05, 4.69) is 0 Å². The average Bonchev–Trinajstić information content (AvgIpc) is 2.48. The molecular formula is C9H10F3NO. The van der Waals surface area contributed by atoms with Crippen LogP contribution in [-0.2, 0) is 6.54 Å². The molecule has 0 unspecified atom stereocenters. The summed E-state index contributed by atoms with van der Waals surface area (Å²) >= 11 is 0. The molecule has 0 N–H and O–H groups in total. The second-order valence-electron chi connectivity index (χ2n) is 2.96. The fourth-order valence-corrected chi connectivity index (χ4v) is 1.12. The third-order valence-corrected chi connectivity index (χ3v) is 1.76. The summed E-state index contributed by atoms with van der Waals surface area (Å²) in [4.78, 5) is 11.1. The van der Waals surface area contributed by atoms with Crippen LogP contribution in [0.5, 0.6) is 0 Å². The van der Waals surface area contributed by atoms with Gasteiger partial charge in [0.15, 0.2) is 5.78 Å². The number of ketones is 1. The van der Waals surface area contributed by atoms with E-state index in [9.17, 15) is 18.0 Å². The SMILES string of the molecule is CCC(=O)c1ccn(CC(F)(F)F)c1. The van der Waals surface area contributed by atoms with E-state index in [1.54, 1.807) is 6.92 Å². The van der Waals surface area contributed by atoms with Gasteiger partial charge in [0, 0.05) is 24.4 Å². The van der Waals surface area contributed by atoms with Crippen LogP contribution in [0, 0.1) is 0 Å². The molecule has 0 atom stereocenters. The molecule has 0 bridgehead atoms. The van der Waals surface area contributed by atoms with Crippen LogP contribution in [0.4, 0.5) is 13.2 Å². The number of aromatic nitrogens is 1. The molecule has 5 heteroatoms. The highest BCUT2D eigenvalue weighted by Gasteiger charge is 2.27. The van der Waals surface area contributed by atoms with Gasteiger partial charge in [0.05, 0.1) is 0 Å². The molecule has 1 rings (SSSR count). The number of carbonyl (C=O) groups is 1. The van der Waals surface area contributed by atoms with Crippen molar-refractivity contribution in [3.63, 3.8) is 0 Å². The van der Waals surface area contributed by atoms with Gasteiger partial charge < -0.3 is 4.57 Å². The predicted molar refractivity (Wildman–Crippen MR) is 45.1 cm³/mol. The maximum atomic E-state index is 11.9. The van der Waals surface area contributed by atoms with E-state index in [-0.39, 0.29) is 5.78 Å². The van der Waals surface area contributed by atoms with Gasteiger partial charge in [-0.2, -0.15) is 13.2 Å². The Morgan fingerprint density at radius 1 is 1.50 bits per heavy atom. The molecule has 0 spiro atoms. The first kappa shape index (κ1) is 10.8. The standard InChI is InChI=1S/C9H10F3NO/c1-2-8(14)7-3-4-13(5-7)6-9(10,11)12/h3-5H,2,6H2,1H3. The minimum atomic E-state index is -4.24. The lowest BCUT2D eigenvalue weighted by molar-refractivity contribution is -0.140. The van der Waals surface area contributed by atoms with Gasteiger partial charge >= 0.3 is 6.18 Å². The summed E-state index contributed by atoms with van der Waals surface area (Å²) in [6.07, 6.45) is -1.46. The van der Waals surface area contributed by atoms with Crippen molar-refractivity contribution in [2.24, 2.45) is 0 Å². The van der Waals surface area contributed by atoms with Gasteiger partial charge in [-0.25, -0.2) is 0 Å². The van der Waals surface area contributed by atoms with Gasteiger partial charge in [-0.15, -0.1) is 0 Å². The number of halogens is 3. The Morgan fingerprint density at radius 2 is 2.14 bits per heavy atom. The monoisotopic (exact) mass is 205 g/mol. The first-order valence-corrected chi connectivity index (χ1v) is 4.18. The Balaban J connectivity index is 2.74. The third kappa shape index (κ3) is 2.90. The van der Waals surface area contributed by atoms with Crippen molar-refractivity contribution in [1.29, 1.82) is 0 Å². The molecule has 2 nitrogen and oxygen atoms in total. The zero-order valence-corrected chi connectivity index (χ0v) is 7.64. The first-order chi connectivity index (χ1) is 6.42. The van der Waals surface area contributed by atoms with Gasteiger partial charge in [-0.1, -0.05) is 6.92 Å². The summed E-state index contributed by atoms with van der Waals surface area (Å²) in [6.45, 7) is 0.618. The zero-order valence-electron chi connectivity index (χ0n) is 7.64. The molecule has 0 saturated heterocycles. The van der Waals surface area contributed by atoms with E-state index in [0.717, 1.165) is 4.57 Å². The van der Waals surface area contributed by atoms with Crippen LogP contribution in [0.2, 0.25) is 0 Å². The Kier molecular flexibility index (Phi) is 2.98. The Hall–Kier alpha value is -1.26. The molecule has 0 amide bonds. The molecular weight excluding hydrogens is 195 g/mol. The molecule has 14 heavy (non-hydrogen) atoms. The van der Waals surface area contributed by atoms with Gasteiger partial charge in [-0.3, -0.25) is 4.79 Å². The van der Waals surface area contributed by atoms with Crippen molar-refractivity contribution in [1.82, 2.24) is 4.57 Å². The smallest absolute Gasteiger partial charge is 0.344 e. The number of hydrogen-bond donors (Lipinski definition) is 0. The molecule has 1 heterocycles. The number of rotatable bonds is 3. The number of nitrogens with zero attached hydrogens (tertiary/aromatic N) is 1. The van der Waals surface area contributed by atoms with Crippen LogP contribution < -0.4 is 0 Å². The van der Waals surface area contributed by atoms with Crippen molar-refractivity contribution in [3.8, 4) is 0 Å². The van der Waals surface area contributed by atoms with Crippen molar-refractivity contribution >= 4 is 5.78 Å². The maximum absolute atomic E-state index is 11.9. The van der Waals surface area contributed by atoms with Crippen LogP contribution in [0.25, 0.3) is 0 Å². The van der Waals surface area contributed by atoms with Crippen molar-refractivity contribution in [2.75, 3.05) is 0 Å². The van der Waals surface area contributed by atoms with Gasteiger partial charge in [0.25, 0.3) is 0 Å². The van der Waals surface area contributed by atoms with Crippen LogP contribution in [0.15, 0.2) is 18.5 Å². The van der Waals surface area contributed by atoms with Gasteiger partial charge in [0.2, 0.25) is 0 Å². The van der Waals surface area contributed by atoms with E-state index in [1.165, 1.54) is 18.5 Å². The summed E-state index contributed by atoms with van der Waals surface area (Å²) in [5, 5.41) is 0. The summed E-state index contributed by atoms with van der Waals surface area (Å²) < 4.78 is 36.7. The lowest BCUT2D eigenvalue weighted by Crippen LogP contribution is -2.16. The molecule has 0 aliphatic heterocycles. The van der Waals surface area contributed by atoms with Crippen LogP contribution in [-0.4, -0.2) is 16.5 Å². The summed E-state index contributed by atoms with van der Waals surface area (Å²) in [7, 11) is 0. The van der Waals surface area contributed by atoms with E-state index in [1.807, 2.05) is 0 Å². The summed E-state index contributed by atoms with van der Waals surface area (Å²) in [5.74, 6) is -0.147. The molecule has 1 aromatic rings. The minimum absolute atomic E-state index is 0.147. The Bertz CT molecular complexity index is 327. The van der Waals surface area contributed by atoms with E-state index < -0.39 is 12.7 Å². The zero-order chi connectivity index (χ0) is 10.8. The Labute approximate surface area is 79.3 Å². The molecule has 0 aliphatic carbocycles. The average molecular weight is 205 g/mol. The molecule has 78 valence electrons. The number of carbonyl (C=O) groups excluding carboxylic acids is 1. The second kappa shape index (κ2) is 3.86. The Morgan fingerprint density at radius 3 is 2.64 bits per heavy atom. The fourth-order valence-electron chi connectivity index (χ4n) is 1.12. The highest BCUT2D eigenvalue weighted by molar-refractivity contribution is 5.95. The van der Waals surface area contributed by atoms with Gasteiger partial charge in [-0.05, 0) is 6.07 Å². The van der Waals surface area contributed by atoms with Crippen molar-refractivity contribution in [3.05, 3.63) is 24.0 Å². The molecule has 0 aliphatic rings. The normalized spacial score (nSPS) is 11.7. The lowest BCUT2D eigenvalue weighted by Gasteiger charge is -2.06. The van der Waals surface area contributed by atoms with Crippen molar-refractivity contribution < 1.29 is 18.0 Å². The molecule has 0 radical (unpaired) electrons. The van der Waals surface area contributed by atoms with E-state index in [0.29, 0.717) is 12.0 Å². The number of hydrogen-bond acceptors (Lipinski definition) is 1. The highest BCUT2D eigenvalue weighted by atomic mass is 19.4. The fraction of sp³-hybridized carbons (Fsp3) is 0.444. The quantitative estimate of drug-likeness (QED) is 0.695. The van der Waals surface area contributed by atoms with Crippen molar-refractivity contribution in [2.45, 2.75) is 26.1 Å². The van der Waals surface area contributed by atoms with Crippen LogP contribution in [0.1, 0.15) is 23.7 Å². The lowest BCUT2D eigenvalue weighted by atomic mass is 10.2. The van der Waals surface area contributed by atoms with E-state index in [4.69, 9.17) is 0 Å². The third-order valence-electron chi connectivity index (χ3n) is 1.76. The molecule has 0 saturated carbocycles.